The fourth-order valence-electron chi connectivity index (χ4n) is 1.92. The minimum Gasteiger partial charge on any atom is -0.396 e. The summed E-state index contributed by atoms with van der Waals surface area (Å²) in [5.74, 6) is -0.0437. The molecule has 0 aliphatic carbocycles. The lowest BCUT2D eigenvalue weighted by atomic mass is 9.92. The number of para-hydroxylation sites is 1. The number of nitrogens with one attached hydrogen (secondary N) is 1. The molecule has 5 heteroatoms. The van der Waals surface area contributed by atoms with Crippen molar-refractivity contribution in [3.63, 3.8) is 0 Å². The van der Waals surface area contributed by atoms with Gasteiger partial charge in [0.1, 0.15) is 0 Å². The molecule has 112 valence electrons. The van der Waals surface area contributed by atoms with E-state index in [1.54, 1.807) is 0 Å². The van der Waals surface area contributed by atoms with Crippen LogP contribution < -0.4 is 5.32 Å². The Labute approximate surface area is 120 Å². The number of benzene rings is 1. The minimum atomic E-state index is -0.537. The summed E-state index contributed by atoms with van der Waals surface area (Å²) >= 11 is 0. The first-order valence-corrected chi connectivity index (χ1v) is 6.74. The zero-order chi connectivity index (χ0) is 15.0. The topological polar surface area (TPSA) is 72.8 Å². The molecule has 5 nitrogen and oxygen atoms in total. The monoisotopic (exact) mass is 280 g/mol. The summed E-state index contributed by atoms with van der Waals surface area (Å²) in [5.41, 5.74) is 0.251. The van der Waals surface area contributed by atoms with E-state index in [1.165, 1.54) is 0 Å². The summed E-state index contributed by atoms with van der Waals surface area (Å²) in [6, 6.07) is 9.33. The molecule has 0 unspecified atom stereocenters. The molecule has 1 amide bonds. The summed E-state index contributed by atoms with van der Waals surface area (Å²) in [4.78, 5) is 13.7. The highest BCUT2D eigenvalue weighted by atomic mass is 16.3. The van der Waals surface area contributed by atoms with Gasteiger partial charge in [0.2, 0.25) is 5.91 Å². The summed E-state index contributed by atoms with van der Waals surface area (Å²) < 4.78 is 0. The number of carbonyl (C=O) groups excluding carboxylic acids is 1. The summed E-state index contributed by atoms with van der Waals surface area (Å²) in [7, 11) is 1.87. The van der Waals surface area contributed by atoms with Crippen LogP contribution in [0.3, 0.4) is 0 Å². The molecule has 1 aromatic carbocycles. The van der Waals surface area contributed by atoms with Crippen molar-refractivity contribution < 1.29 is 15.0 Å². The maximum absolute atomic E-state index is 11.8. The van der Waals surface area contributed by atoms with Crippen molar-refractivity contribution in [3.8, 4) is 0 Å². The van der Waals surface area contributed by atoms with Crippen LogP contribution in [0.25, 0.3) is 0 Å². The summed E-state index contributed by atoms with van der Waals surface area (Å²) in [6.45, 7) is 2.77. The van der Waals surface area contributed by atoms with Crippen LogP contribution in [0, 0.1) is 5.41 Å². The molecule has 3 N–H and O–H groups in total. The van der Waals surface area contributed by atoms with Gasteiger partial charge in [-0.2, -0.15) is 0 Å². The highest BCUT2D eigenvalue weighted by molar-refractivity contribution is 5.90. The lowest BCUT2D eigenvalue weighted by Crippen LogP contribution is -2.40. The number of aliphatic hydroxyl groups is 2. The van der Waals surface area contributed by atoms with Crippen molar-refractivity contribution in [2.45, 2.75) is 13.3 Å². The Kier molecular flexibility index (Phi) is 6.64. The molecule has 0 saturated carbocycles. The van der Waals surface area contributed by atoms with Crippen molar-refractivity contribution in [1.82, 2.24) is 4.90 Å². The molecule has 0 aliphatic heterocycles. The second-order valence-electron chi connectivity index (χ2n) is 5.53. The number of aliphatic hydroxyl groups excluding tert-OH is 2. The fraction of sp³-hybridized carbons (Fsp3) is 0.533. The van der Waals surface area contributed by atoms with E-state index in [1.807, 2.05) is 49.2 Å². The molecule has 0 saturated heterocycles. The third kappa shape index (κ3) is 5.69. The molecule has 0 heterocycles. The van der Waals surface area contributed by atoms with E-state index < -0.39 is 5.41 Å². The van der Waals surface area contributed by atoms with Crippen LogP contribution in [-0.4, -0.2) is 54.4 Å². The second-order valence-corrected chi connectivity index (χ2v) is 5.53. The zero-order valence-electron chi connectivity index (χ0n) is 12.2. The molecule has 0 aromatic heterocycles. The Balaban J connectivity index is 2.34. The lowest BCUT2D eigenvalue weighted by Gasteiger charge is -2.30. The standard InChI is InChI=1S/C15H24N2O3/c1-15(11-18,12-19)10-17(2)9-8-14(20)16-13-6-4-3-5-7-13/h3-7,18-19H,8-12H2,1-2H3,(H,16,20). The van der Waals surface area contributed by atoms with Gasteiger partial charge in [-0.1, -0.05) is 25.1 Å². The number of carbonyl (C=O) groups is 1. The Morgan fingerprint density at radius 2 is 1.85 bits per heavy atom. The van der Waals surface area contributed by atoms with Gasteiger partial charge in [0.05, 0.1) is 13.2 Å². The van der Waals surface area contributed by atoms with E-state index in [4.69, 9.17) is 0 Å². The quantitative estimate of drug-likeness (QED) is 0.662. The fourth-order valence-corrected chi connectivity index (χ4v) is 1.92. The van der Waals surface area contributed by atoms with Crippen LogP contribution in [-0.2, 0) is 4.79 Å². The van der Waals surface area contributed by atoms with E-state index in [9.17, 15) is 15.0 Å². The molecule has 1 aromatic rings. The third-order valence-electron chi connectivity index (χ3n) is 3.19. The molecule has 1 rings (SSSR count). The predicted molar refractivity (Wildman–Crippen MR) is 79.5 cm³/mol. The Bertz CT molecular complexity index is 405. The lowest BCUT2D eigenvalue weighted by molar-refractivity contribution is -0.116. The minimum absolute atomic E-state index is 0.0437. The molecular formula is C15H24N2O3. The van der Waals surface area contributed by atoms with E-state index in [0.717, 1.165) is 5.69 Å². The van der Waals surface area contributed by atoms with Crippen LogP contribution in [0.1, 0.15) is 13.3 Å². The second kappa shape index (κ2) is 7.99. The maximum Gasteiger partial charge on any atom is 0.225 e. The van der Waals surface area contributed by atoms with Gasteiger partial charge in [-0.25, -0.2) is 0 Å². The van der Waals surface area contributed by atoms with Crippen LogP contribution in [0.2, 0.25) is 0 Å². The van der Waals surface area contributed by atoms with Crippen molar-refractivity contribution in [2.24, 2.45) is 5.41 Å². The molecular weight excluding hydrogens is 256 g/mol. The number of nitrogens with zero attached hydrogens (tertiary/aromatic N) is 1. The van der Waals surface area contributed by atoms with Gasteiger partial charge >= 0.3 is 0 Å². The average Bonchev–Trinajstić information content (AvgIpc) is 2.46. The highest BCUT2D eigenvalue weighted by Crippen LogP contribution is 2.15. The Hall–Kier alpha value is -1.43. The number of amides is 1. The van der Waals surface area contributed by atoms with Crippen LogP contribution in [0.4, 0.5) is 5.69 Å². The third-order valence-corrected chi connectivity index (χ3v) is 3.19. The van der Waals surface area contributed by atoms with Gasteiger partial charge in [-0.3, -0.25) is 4.79 Å². The smallest absolute Gasteiger partial charge is 0.225 e. The molecule has 0 bridgehead atoms. The predicted octanol–water partition coefficient (Wildman–Crippen LogP) is 0.938. The first-order valence-electron chi connectivity index (χ1n) is 6.74. The number of hydrogen-bond acceptors (Lipinski definition) is 4. The Morgan fingerprint density at radius 1 is 1.25 bits per heavy atom. The molecule has 20 heavy (non-hydrogen) atoms. The van der Waals surface area contributed by atoms with E-state index in [-0.39, 0.29) is 19.1 Å². The first kappa shape index (κ1) is 16.6. The molecule has 0 atom stereocenters. The summed E-state index contributed by atoms with van der Waals surface area (Å²) in [5, 5.41) is 21.3. The van der Waals surface area contributed by atoms with E-state index in [2.05, 4.69) is 5.32 Å². The SMILES string of the molecule is CN(CCC(=O)Nc1ccccc1)CC(C)(CO)CO. The maximum atomic E-state index is 11.8. The molecule has 0 spiro atoms. The molecule has 0 aliphatic rings. The largest absolute Gasteiger partial charge is 0.396 e. The van der Waals surface area contributed by atoms with Crippen LogP contribution >= 0.6 is 0 Å². The zero-order valence-corrected chi connectivity index (χ0v) is 12.2. The van der Waals surface area contributed by atoms with Crippen LogP contribution in [0.5, 0.6) is 0 Å². The first-order chi connectivity index (χ1) is 9.49. The van der Waals surface area contributed by atoms with Crippen molar-refractivity contribution >= 4 is 11.6 Å². The normalized spacial score (nSPS) is 11.7. The molecule has 0 fully saturated rings. The number of anilines is 1. The number of hydrogen-bond donors (Lipinski definition) is 3. The van der Waals surface area contributed by atoms with Crippen molar-refractivity contribution in [2.75, 3.05) is 38.7 Å². The molecule has 0 radical (unpaired) electrons. The van der Waals surface area contributed by atoms with Crippen LogP contribution in [0.15, 0.2) is 30.3 Å². The van der Waals surface area contributed by atoms with Gasteiger partial charge in [0.15, 0.2) is 0 Å². The van der Waals surface area contributed by atoms with Crippen molar-refractivity contribution in [1.29, 1.82) is 0 Å². The summed E-state index contributed by atoms with van der Waals surface area (Å²) in [6.07, 6.45) is 0.373. The van der Waals surface area contributed by atoms with E-state index >= 15 is 0 Å². The van der Waals surface area contributed by atoms with Crippen molar-refractivity contribution in [3.05, 3.63) is 30.3 Å². The number of rotatable bonds is 8. The van der Waals surface area contributed by atoms with Gasteiger partial charge in [0, 0.05) is 30.6 Å². The van der Waals surface area contributed by atoms with E-state index in [0.29, 0.717) is 19.5 Å². The van der Waals surface area contributed by atoms with Gasteiger partial charge in [-0.05, 0) is 19.2 Å². The van der Waals surface area contributed by atoms with Gasteiger partial charge in [0.25, 0.3) is 0 Å². The average molecular weight is 280 g/mol. The van der Waals surface area contributed by atoms with Gasteiger partial charge < -0.3 is 20.4 Å². The highest BCUT2D eigenvalue weighted by Gasteiger charge is 2.24. The van der Waals surface area contributed by atoms with Gasteiger partial charge in [-0.15, -0.1) is 0 Å². The Morgan fingerprint density at radius 3 is 2.40 bits per heavy atom.